The summed E-state index contributed by atoms with van der Waals surface area (Å²) in [5, 5.41) is 2.20. The van der Waals surface area contributed by atoms with Crippen molar-refractivity contribution in [1.82, 2.24) is 0 Å². The third kappa shape index (κ3) is 5.97. The highest BCUT2D eigenvalue weighted by Crippen LogP contribution is 2.35. The Bertz CT molecular complexity index is 385. The van der Waals surface area contributed by atoms with E-state index in [-0.39, 0.29) is 17.3 Å². The van der Waals surface area contributed by atoms with Crippen LogP contribution in [0.3, 0.4) is 0 Å². The summed E-state index contributed by atoms with van der Waals surface area (Å²) >= 11 is 3.26. The van der Waals surface area contributed by atoms with Gasteiger partial charge in [0, 0.05) is 10.9 Å². The first-order valence-corrected chi connectivity index (χ1v) is 8.38. The number of carbonyl (C=O) groups is 1. The zero-order valence-electron chi connectivity index (χ0n) is 12.0. The summed E-state index contributed by atoms with van der Waals surface area (Å²) in [6.45, 7) is 7.71. The van der Waals surface area contributed by atoms with E-state index in [1.165, 1.54) is 4.88 Å². The number of thiophene rings is 1. The molecule has 1 aromatic heterocycles. The summed E-state index contributed by atoms with van der Waals surface area (Å²) in [6, 6.07) is 4.15. The van der Waals surface area contributed by atoms with Crippen LogP contribution >= 0.6 is 23.1 Å². The van der Waals surface area contributed by atoms with Gasteiger partial charge < -0.3 is 10.5 Å². The van der Waals surface area contributed by atoms with E-state index in [2.05, 4.69) is 13.0 Å². The van der Waals surface area contributed by atoms with Crippen LogP contribution in [0.2, 0.25) is 0 Å². The van der Waals surface area contributed by atoms with Crippen LogP contribution in [0.1, 0.15) is 44.2 Å². The van der Waals surface area contributed by atoms with Crippen LogP contribution in [0.15, 0.2) is 17.5 Å². The molecule has 2 atom stereocenters. The lowest BCUT2D eigenvalue weighted by atomic mass is 10.1. The van der Waals surface area contributed by atoms with E-state index in [9.17, 15) is 4.79 Å². The summed E-state index contributed by atoms with van der Waals surface area (Å²) in [5.74, 6) is 0.162. The van der Waals surface area contributed by atoms with Crippen LogP contribution in [0.25, 0.3) is 0 Å². The fourth-order valence-corrected chi connectivity index (χ4v) is 3.82. The molecule has 108 valence electrons. The van der Waals surface area contributed by atoms with E-state index in [1.54, 1.807) is 23.1 Å². The van der Waals surface area contributed by atoms with Crippen LogP contribution in [-0.2, 0) is 9.53 Å². The Morgan fingerprint density at radius 1 is 1.53 bits per heavy atom. The average Bonchev–Trinajstić information content (AvgIpc) is 2.80. The number of nitrogens with two attached hydrogens (primary N) is 1. The summed E-state index contributed by atoms with van der Waals surface area (Å²) in [6.07, 6.45) is 0.893. The second-order valence-electron chi connectivity index (χ2n) is 5.41. The Hall–Kier alpha value is -0.520. The molecular weight excluding hydrogens is 278 g/mol. The maximum Gasteiger partial charge on any atom is 0.316 e. The first-order chi connectivity index (χ1) is 8.83. The van der Waals surface area contributed by atoms with Crippen molar-refractivity contribution in [3.63, 3.8) is 0 Å². The first-order valence-electron chi connectivity index (χ1n) is 6.46. The molecule has 0 bridgehead atoms. The van der Waals surface area contributed by atoms with Crippen molar-refractivity contribution in [2.45, 2.75) is 51.0 Å². The van der Waals surface area contributed by atoms with Gasteiger partial charge in [0.25, 0.3) is 0 Å². The Morgan fingerprint density at radius 2 is 2.21 bits per heavy atom. The molecule has 1 heterocycles. The van der Waals surface area contributed by atoms with Crippen LogP contribution in [-0.4, -0.2) is 23.4 Å². The molecule has 0 spiro atoms. The van der Waals surface area contributed by atoms with Gasteiger partial charge in [-0.05, 0) is 38.6 Å². The van der Waals surface area contributed by atoms with E-state index in [4.69, 9.17) is 10.5 Å². The predicted octanol–water partition coefficient (Wildman–Crippen LogP) is 3.60. The molecule has 0 saturated heterocycles. The first kappa shape index (κ1) is 16.5. The van der Waals surface area contributed by atoms with Crippen molar-refractivity contribution >= 4 is 29.1 Å². The highest BCUT2D eigenvalue weighted by Gasteiger charge is 2.23. The van der Waals surface area contributed by atoms with Gasteiger partial charge in [0.15, 0.2) is 0 Å². The maximum atomic E-state index is 11.8. The lowest BCUT2D eigenvalue weighted by molar-refractivity contribution is -0.151. The van der Waals surface area contributed by atoms with Crippen molar-refractivity contribution in [1.29, 1.82) is 0 Å². The summed E-state index contributed by atoms with van der Waals surface area (Å²) < 4.78 is 5.32. The lowest BCUT2D eigenvalue weighted by Gasteiger charge is -2.23. The van der Waals surface area contributed by atoms with E-state index < -0.39 is 5.60 Å². The number of ether oxygens (including phenoxy) is 1. The van der Waals surface area contributed by atoms with Gasteiger partial charge in [0.1, 0.15) is 5.60 Å². The monoisotopic (exact) mass is 301 g/mol. The third-order valence-corrected chi connectivity index (χ3v) is 4.95. The number of hydrogen-bond acceptors (Lipinski definition) is 5. The number of carbonyl (C=O) groups excluding carboxylic acids is 1. The van der Waals surface area contributed by atoms with Crippen LogP contribution in [0, 0.1) is 0 Å². The minimum absolute atomic E-state index is 0.0612. The Kier molecular flexibility index (Phi) is 6.36. The van der Waals surface area contributed by atoms with Gasteiger partial charge in [-0.15, -0.1) is 23.1 Å². The molecule has 2 N–H and O–H groups in total. The van der Waals surface area contributed by atoms with E-state index >= 15 is 0 Å². The fourth-order valence-electron chi connectivity index (χ4n) is 1.61. The molecule has 5 heteroatoms. The van der Waals surface area contributed by atoms with Crippen molar-refractivity contribution in [2.75, 3.05) is 5.75 Å². The molecule has 2 unspecified atom stereocenters. The average molecular weight is 301 g/mol. The summed E-state index contributed by atoms with van der Waals surface area (Å²) in [5.41, 5.74) is 5.73. The van der Waals surface area contributed by atoms with Gasteiger partial charge >= 0.3 is 5.97 Å². The Balaban J connectivity index is 2.57. The quantitative estimate of drug-likeness (QED) is 0.816. The number of rotatable bonds is 6. The zero-order chi connectivity index (χ0) is 14.5. The molecule has 0 amide bonds. The topological polar surface area (TPSA) is 52.3 Å². The standard InChI is InChI=1S/C14H23NO2S2/c1-5-10(15)13(11-7-6-8-18-11)19-9-12(16)17-14(2,3)4/h6-8,10,13H,5,9,15H2,1-4H3. The molecular formula is C14H23NO2S2. The van der Waals surface area contributed by atoms with E-state index in [0.717, 1.165) is 6.42 Å². The second-order valence-corrected chi connectivity index (χ2v) is 7.51. The number of hydrogen-bond donors (Lipinski definition) is 1. The molecule has 0 radical (unpaired) electrons. The number of thioether (sulfide) groups is 1. The van der Waals surface area contributed by atoms with Gasteiger partial charge in [-0.25, -0.2) is 0 Å². The summed E-state index contributed by atoms with van der Waals surface area (Å²) in [4.78, 5) is 13.0. The van der Waals surface area contributed by atoms with Gasteiger partial charge in [-0.1, -0.05) is 13.0 Å². The largest absolute Gasteiger partial charge is 0.459 e. The minimum Gasteiger partial charge on any atom is -0.459 e. The van der Waals surface area contributed by atoms with Crippen LogP contribution in [0.4, 0.5) is 0 Å². The van der Waals surface area contributed by atoms with Crippen LogP contribution < -0.4 is 5.73 Å². The van der Waals surface area contributed by atoms with Crippen LogP contribution in [0.5, 0.6) is 0 Å². The van der Waals surface area contributed by atoms with Crippen molar-refractivity contribution in [3.05, 3.63) is 22.4 Å². The molecule has 0 aliphatic carbocycles. The Labute approximate surface area is 123 Å². The predicted molar refractivity (Wildman–Crippen MR) is 83.6 cm³/mol. The van der Waals surface area contributed by atoms with Gasteiger partial charge in [0.2, 0.25) is 0 Å². The molecule has 0 fully saturated rings. The molecule has 1 aromatic rings. The molecule has 0 aliphatic rings. The highest BCUT2D eigenvalue weighted by molar-refractivity contribution is 8.00. The molecule has 19 heavy (non-hydrogen) atoms. The molecule has 3 nitrogen and oxygen atoms in total. The smallest absolute Gasteiger partial charge is 0.316 e. The molecule has 0 aliphatic heterocycles. The van der Waals surface area contributed by atoms with Gasteiger partial charge in [-0.2, -0.15) is 0 Å². The SMILES string of the molecule is CCC(N)C(SCC(=O)OC(C)(C)C)c1cccs1. The maximum absolute atomic E-state index is 11.8. The van der Waals surface area contributed by atoms with Crippen molar-refractivity contribution < 1.29 is 9.53 Å². The lowest BCUT2D eigenvalue weighted by Crippen LogP contribution is -2.28. The normalized spacial score (nSPS) is 15.0. The van der Waals surface area contributed by atoms with Gasteiger partial charge in [-0.3, -0.25) is 4.79 Å². The molecule has 1 rings (SSSR count). The third-order valence-electron chi connectivity index (χ3n) is 2.48. The van der Waals surface area contributed by atoms with Crippen molar-refractivity contribution in [3.8, 4) is 0 Å². The highest BCUT2D eigenvalue weighted by atomic mass is 32.2. The Morgan fingerprint density at radius 3 is 2.68 bits per heavy atom. The zero-order valence-corrected chi connectivity index (χ0v) is 13.6. The van der Waals surface area contributed by atoms with E-state index in [1.807, 2.05) is 32.2 Å². The van der Waals surface area contributed by atoms with E-state index in [0.29, 0.717) is 5.75 Å². The minimum atomic E-state index is -0.428. The summed E-state index contributed by atoms with van der Waals surface area (Å²) in [7, 11) is 0. The molecule has 0 saturated carbocycles. The molecule has 0 aromatic carbocycles. The number of esters is 1. The van der Waals surface area contributed by atoms with Gasteiger partial charge in [0.05, 0.1) is 11.0 Å². The second kappa shape index (κ2) is 7.31. The van der Waals surface area contributed by atoms with Crippen molar-refractivity contribution in [2.24, 2.45) is 5.73 Å². The fraction of sp³-hybridized carbons (Fsp3) is 0.643.